The number of benzene rings is 1. The molecule has 1 atom stereocenters. The number of carbonyl (C=O) groups excluding carboxylic acids is 2. The van der Waals surface area contributed by atoms with Crippen LogP contribution in [-0.4, -0.2) is 41.6 Å². The summed E-state index contributed by atoms with van der Waals surface area (Å²) in [7, 11) is 1.70. The molecule has 2 N–H and O–H groups in total. The third-order valence-electron chi connectivity index (χ3n) is 4.25. The molecule has 0 saturated carbocycles. The van der Waals surface area contributed by atoms with E-state index >= 15 is 0 Å². The topological polar surface area (TPSA) is 82.5 Å². The molecule has 0 bridgehead atoms. The quantitative estimate of drug-likeness (QED) is 0.820. The molecule has 6 heteroatoms. The van der Waals surface area contributed by atoms with Crippen LogP contribution >= 0.6 is 0 Å². The number of aromatic nitrogens is 1. The van der Waals surface area contributed by atoms with E-state index in [0.717, 1.165) is 16.8 Å². The van der Waals surface area contributed by atoms with Crippen molar-refractivity contribution in [3.05, 3.63) is 47.7 Å². The van der Waals surface area contributed by atoms with Gasteiger partial charge in [-0.25, -0.2) is 0 Å². The summed E-state index contributed by atoms with van der Waals surface area (Å²) in [5.74, 6) is -0.515. The molecule has 27 heavy (non-hydrogen) atoms. The lowest BCUT2D eigenvalue weighted by atomic mass is 10.0. The standard InChI is InChI=1S/C21H27N3O3/c1-13(2)21(27)24(5)18-9-16(19-7-6-14(3)11-22-19)8-17(10-18)20(26)23-15(4)12-25/h6-11,13,15,25H,12H2,1-5H3,(H,23,26)/t15-/m0/s1. The average Bonchev–Trinajstić information content (AvgIpc) is 2.66. The van der Waals surface area contributed by atoms with Gasteiger partial charge in [0.05, 0.1) is 12.3 Å². The summed E-state index contributed by atoms with van der Waals surface area (Å²) in [6.07, 6.45) is 1.76. The Morgan fingerprint density at radius 2 is 1.89 bits per heavy atom. The van der Waals surface area contributed by atoms with Crippen LogP contribution in [0.4, 0.5) is 5.69 Å². The van der Waals surface area contributed by atoms with Crippen molar-refractivity contribution in [1.82, 2.24) is 10.3 Å². The molecule has 2 amide bonds. The zero-order valence-electron chi connectivity index (χ0n) is 16.5. The van der Waals surface area contributed by atoms with E-state index in [1.54, 1.807) is 37.2 Å². The second kappa shape index (κ2) is 8.77. The minimum absolute atomic E-state index is 0.0425. The SMILES string of the molecule is Cc1ccc(-c2cc(C(=O)N[C@@H](C)CO)cc(N(C)C(=O)C(C)C)c2)nc1. The van der Waals surface area contributed by atoms with Crippen molar-refractivity contribution in [2.75, 3.05) is 18.6 Å². The third kappa shape index (κ3) is 5.14. The second-order valence-corrected chi connectivity index (χ2v) is 7.10. The first kappa shape index (κ1) is 20.6. The lowest BCUT2D eigenvalue weighted by molar-refractivity contribution is -0.121. The number of rotatable bonds is 6. The summed E-state index contributed by atoms with van der Waals surface area (Å²) in [6, 6.07) is 8.75. The maximum atomic E-state index is 12.6. The number of nitrogens with one attached hydrogen (secondary N) is 1. The molecule has 1 heterocycles. The van der Waals surface area contributed by atoms with Crippen LogP contribution in [0.3, 0.4) is 0 Å². The first-order chi connectivity index (χ1) is 12.7. The molecule has 2 rings (SSSR count). The predicted molar refractivity (Wildman–Crippen MR) is 107 cm³/mol. The summed E-state index contributed by atoms with van der Waals surface area (Å²) in [4.78, 5) is 31.0. The van der Waals surface area contributed by atoms with Gasteiger partial charge in [-0.05, 0) is 43.7 Å². The fourth-order valence-electron chi connectivity index (χ4n) is 2.59. The van der Waals surface area contributed by atoms with Gasteiger partial charge in [0.2, 0.25) is 5.91 Å². The van der Waals surface area contributed by atoms with Gasteiger partial charge < -0.3 is 15.3 Å². The van der Waals surface area contributed by atoms with Crippen molar-refractivity contribution < 1.29 is 14.7 Å². The molecule has 0 fully saturated rings. The van der Waals surface area contributed by atoms with Gasteiger partial charge in [0.25, 0.3) is 5.91 Å². The van der Waals surface area contributed by atoms with E-state index in [-0.39, 0.29) is 30.4 Å². The Morgan fingerprint density at radius 3 is 2.44 bits per heavy atom. The van der Waals surface area contributed by atoms with Crippen molar-refractivity contribution in [2.45, 2.75) is 33.7 Å². The van der Waals surface area contributed by atoms with Crippen molar-refractivity contribution in [3.63, 3.8) is 0 Å². The minimum Gasteiger partial charge on any atom is -0.394 e. The highest BCUT2D eigenvalue weighted by molar-refractivity contribution is 6.00. The number of anilines is 1. The molecule has 6 nitrogen and oxygen atoms in total. The largest absolute Gasteiger partial charge is 0.394 e. The van der Waals surface area contributed by atoms with Gasteiger partial charge in [0.15, 0.2) is 0 Å². The number of hydrogen-bond acceptors (Lipinski definition) is 4. The smallest absolute Gasteiger partial charge is 0.251 e. The van der Waals surface area contributed by atoms with E-state index in [9.17, 15) is 14.7 Å². The maximum Gasteiger partial charge on any atom is 0.251 e. The average molecular weight is 369 g/mol. The highest BCUT2D eigenvalue weighted by Gasteiger charge is 2.19. The number of aryl methyl sites for hydroxylation is 1. The first-order valence-corrected chi connectivity index (χ1v) is 9.00. The van der Waals surface area contributed by atoms with Crippen LogP contribution in [0.1, 0.15) is 36.7 Å². The fourth-order valence-corrected chi connectivity index (χ4v) is 2.59. The van der Waals surface area contributed by atoms with Crippen LogP contribution in [0.25, 0.3) is 11.3 Å². The van der Waals surface area contributed by atoms with E-state index in [2.05, 4.69) is 10.3 Å². The Bertz CT molecular complexity index is 816. The number of nitrogens with zero attached hydrogens (tertiary/aromatic N) is 2. The molecule has 0 spiro atoms. The van der Waals surface area contributed by atoms with Crippen LogP contribution in [0.15, 0.2) is 36.5 Å². The number of aliphatic hydroxyl groups is 1. The number of amides is 2. The van der Waals surface area contributed by atoms with Crippen LogP contribution in [-0.2, 0) is 4.79 Å². The summed E-state index contributed by atoms with van der Waals surface area (Å²) in [5.41, 5.74) is 3.54. The number of aliphatic hydroxyl groups excluding tert-OH is 1. The maximum absolute atomic E-state index is 12.6. The molecule has 144 valence electrons. The molecule has 0 aliphatic carbocycles. The molecule has 0 saturated heterocycles. The van der Waals surface area contributed by atoms with Crippen molar-refractivity contribution in [3.8, 4) is 11.3 Å². The summed E-state index contributed by atoms with van der Waals surface area (Å²) in [6.45, 7) is 7.20. The Kier molecular flexibility index (Phi) is 6.69. The molecular formula is C21H27N3O3. The van der Waals surface area contributed by atoms with Crippen LogP contribution in [0, 0.1) is 12.8 Å². The van der Waals surface area contributed by atoms with Gasteiger partial charge in [-0.3, -0.25) is 14.6 Å². The first-order valence-electron chi connectivity index (χ1n) is 9.00. The third-order valence-corrected chi connectivity index (χ3v) is 4.25. The summed E-state index contributed by atoms with van der Waals surface area (Å²) in [5, 5.41) is 11.9. The Hall–Kier alpha value is -2.73. The normalized spacial score (nSPS) is 12.0. The van der Waals surface area contributed by atoms with Crippen molar-refractivity contribution in [2.24, 2.45) is 5.92 Å². The zero-order valence-corrected chi connectivity index (χ0v) is 16.5. The number of hydrogen-bond donors (Lipinski definition) is 2. The minimum atomic E-state index is -0.364. The van der Waals surface area contributed by atoms with E-state index in [0.29, 0.717) is 11.3 Å². The predicted octanol–water partition coefficient (Wildman–Crippen LogP) is 2.79. The van der Waals surface area contributed by atoms with Gasteiger partial charge >= 0.3 is 0 Å². The van der Waals surface area contributed by atoms with Crippen LogP contribution in [0.5, 0.6) is 0 Å². The van der Waals surface area contributed by atoms with E-state index < -0.39 is 0 Å². The molecule has 0 aliphatic heterocycles. The van der Waals surface area contributed by atoms with Crippen LogP contribution < -0.4 is 10.2 Å². The Morgan fingerprint density at radius 1 is 1.19 bits per heavy atom. The molecule has 0 aliphatic rings. The van der Waals surface area contributed by atoms with Gasteiger partial charge in [0.1, 0.15) is 0 Å². The summed E-state index contributed by atoms with van der Waals surface area (Å²) < 4.78 is 0. The fraction of sp³-hybridized carbons (Fsp3) is 0.381. The highest BCUT2D eigenvalue weighted by atomic mass is 16.3. The number of pyridine rings is 1. The number of carbonyl (C=O) groups is 2. The highest BCUT2D eigenvalue weighted by Crippen LogP contribution is 2.26. The second-order valence-electron chi connectivity index (χ2n) is 7.10. The van der Waals surface area contributed by atoms with Gasteiger partial charge in [-0.1, -0.05) is 19.9 Å². The van der Waals surface area contributed by atoms with Crippen molar-refractivity contribution >= 4 is 17.5 Å². The Labute approximate surface area is 160 Å². The molecule has 0 unspecified atom stereocenters. The zero-order chi connectivity index (χ0) is 20.1. The van der Waals surface area contributed by atoms with Crippen LogP contribution in [0.2, 0.25) is 0 Å². The van der Waals surface area contributed by atoms with Gasteiger partial charge in [-0.15, -0.1) is 0 Å². The van der Waals surface area contributed by atoms with E-state index in [1.165, 1.54) is 0 Å². The summed E-state index contributed by atoms with van der Waals surface area (Å²) >= 11 is 0. The molecule has 0 radical (unpaired) electrons. The Balaban J connectivity index is 2.51. The molecule has 1 aromatic carbocycles. The molecular weight excluding hydrogens is 342 g/mol. The van der Waals surface area contributed by atoms with Gasteiger partial charge in [0, 0.05) is 42.0 Å². The van der Waals surface area contributed by atoms with Crippen molar-refractivity contribution in [1.29, 1.82) is 0 Å². The molecule has 2 aromatic rings. The van der Waals surface area contributed by atoms with Gasteiger partial charge in [-0.2, -0.15) is 0 Å². The monoisotopic (exact) mass is 369 g/mol. The lowest BCUT2D eigenvalue weighted by Crippen LogP contribution is -2.35. The van der Waals surface area contributed by atoms with E-state index in [4.69, 9.17) is 0 Å². The lowest BCUT2D eigenvalue weighted by Gasteiger charge is -2.21. The molecule has 1 aromatic heterocycles. The van der Waals surface area contributed by atoms with E-state index in [1.807, 2.05) is 39.0 Å².